The van der Waals surface area contributed by atoms with Gasteiger partial charge in [-0.25, -0.2) is 5.43 Å². The van der Waals surface area contributed by atoms with Crippen LogP contribution in [0.2, 0.25) is 0 Å². The van der Waals surface area contributed by atoms with E-state index in [1.807, 2.05) is 25.1 Å². The van der Waals surface area contributed by atoms with Crippen molar-refractivity contribution in [3.8, 4) is 5.75 Å². The Balaban J connectivity index is 1.93. The van der Waals surface area contributed by atoms with Gasteiger partial charge < -0.3 is 10.1 Å². The Hall–Kier alpha value is -3.15. The van der Waals surface area contributed by atoms with Crippen molar-refractivity contribution < 1.29 is 14.3 Å². The Morgan fingerprint density at radius 3 is 2.61 bits per heavy atom. The molecule has 6 heteroatoms. The largest absolute Gasteiger partial charge is 0.496 e. The summed E-state index contributed by atoms with van der Waals surface area (Å²) in [6.45, 7) is 1.90. The van der Waals surface area contributed by atoms with Crippen molar-refractivity contribution in [1.29, 1.82) is 0 Å². The molecule has 0 atom stereocenters. The minimum atomic E-state index is -0.849. The maximum absolute atomic E-state index is 11.8. The average Bonchev–Trinajstić information content (AvgIpc) is 2.55. The van der Waals surface area contributed by atoms with Gasteiger partial charge in [-0.15, -0.1) is 0 Å². The van der Waals surface area contributed by atoms with Crippen molar-refractivity contribution in [3.63, 3.8) is 0 Å². The third-order valence-corrected chi connectivity index (χ3v) is 2.99. The van der Waals surface area contributed by atoms with Gasteiger partial charge >= 0.3 is 11.8 Å². The highest BCUT2D eigenvalue weighted by Crippen LogP contribution is 2.14. The molecule has 0 aliphatic rings. The average molecular weight is 311 g/mol. The molecule has 0 spiro atoms. The standard InChI is InChI=1S/C17H17N3O3/c1-12-6-5-8-14(10-12)19-16(21)17(22)20-18-11-13-7-3-4-9-15(13)23-2/h3-11H,1-2H3,(H,19,21)(H,20,22)/b18-11-. The van der Waals surface area contributed by atoms with Gasteiger partial charge in [0, 0.05) is 11.3 Å². The number of amides is 2. The topological polar surface area (TPSA) is 79.8 Å². The van der Waals surface area contributed by atoms with E-state index in [1.165, 1.54) is 6.21 Å². The van der Waals surface area contributed by atoms with Gasteiger partial charge in [-0.05, 0) is 36.8 Å². The number of aryl methyl sites for hydroxylation is 1. The van der Waals surface area contributed by atoms with Gasteiger partial charge in [0.25, 0.3) is 0 Å². The van der Waals surface area contributed by atoms with E-state index in [0.717, 1.165) is 5.56 Å². The minimum Gasteiger partial charge on any atom is -0.496 e. The summed E-state index contributed by atoms with van der Waals surface area (Å²) in [6.07, 6.45) is 1.41. The van der Waals surface area contributed by atoms with Crippen molar-refractivity contribution >= 4 is 23.7 Å². The summed E-state index contributed by atoms with van der Waals surface area (Å²) in [6, 6.07) is 14.4. The number of anilines is 1. The maximum atomic E-state index is 11.8. The fourth-order valence-electron chi connectivity index (χ4n) is 1.89. The third kappa shape index (κ3) is 4.67. The van der Waals surface area contributed by atoms with Gasteiger partial charge in [0.05, 0.1) is 13.3 Å². The lowest BCUT2D eigenvalue weighted by Crippen LogP contribution is -2.32. The summed E-state index contributed by atoms with van der Waals surface area (Å²) in [5.74, 6) is -1.01. The summed E-state index contributed by atoms with van der Waals surface area (Å²) in [5.41, 5.74) is 4.41. The van der Waals surface area contributed by atoms with Crippen LogP contribution < -0.4 is 15.5 Å². The van der Waals surface area contributed by atoms with Gasteiger partial charge in [0.2, 0.25) is 0 Å². The van der Waals surface area contributed by atoms with Crippen LogP contribution >= 0.6 is 0 Å². The summed E-state index contributed by atoms with van der Waals surface area (Å²) < 4.78 is 5.16. The first-order chi connectivity index (χ1) is 11.1. The Morgan fingerprint density at radius 2 is 1.87 bits per heavy atom. The molecule has 2 aromatic rings. The first kappa shape index (κ1) is 16.2. The van der Waals surface area contributed by atoms with Gasteiger partial charge in [0.15, 0.2) is 0 Å². The first-order valence-electron chi connectivity index (χ1n) is 6.94. The summed E-state index contributed by atoms with van der Waals surface area (Å²) in [4.78, 5) is 23.5. The minimum absolute atomic E-state index is 0.554. The number of hydrazone groups is 1. The van der Waals surface area contributed by atoms with Crippen LogP contribution in [0.5, 0.6) is 5.75 Å². The number of carbonyl (C=O) groups excluding carboxylic acids is 2. The van der Waals surface area contributed by atoms with E-state index in [9.17, 15) is 9.59 Å². The molecule has 0 fully saturated rings. The molecule has 118 valence electrons. The lowest BCUT2D eigenvalue weighted by atomic mass is 10.2. The Morgan fingerprint density at radius 1 is 1.09 bits per heavy atom. The van der Waals surface area contributed by atoms with Crippen LogP contribution in [-0.4, -0.2) is 25.1 Å². The number of methoxy groups -OCH3 is 1. The highest BCUT2D eigenvalue weighted by atomic mass is 16.5. The lowest BCUT2D eigenvalue weighted by molar-refractivity contribution is -0.136. The van der Waals surface area contributed by atoms with E-state index in [1.54, 1.807) is 37.4 Å². The predicted molar refractivity (Wildman–Crippen MR) is 88.5 cm³/mol. The van der Waals surface area contributed by atoms with E-state index >= 15 is 0 Å². The third-order valence-electron chi connectivity index (χ3n) is 2.99. The van der Waals surface area contributed by atoms with Crippen LogP contribution in [0.1, 0.15) is 11.1 Å². The zero-order valence-corrected chi connectivity index (χ0v) is 12.9. The van der Waals surface area contributed by atoms with Crippen molar-refractivity contribution in [1.82, 2.24) is 5.43 Å². The van der Waals surface area contributed by atoms with Crippen molar-refractivity contribution in [2.75, 3.05) is 12.4 Å². The molecule has 2 aromatic carbocycles. The zero-order valence-electron chi connectivity index (χ0n) is 12.9. The van der Waals surface area contributed by atoms with Crippen LogP contribution in [0.3, 0.4) is 0 Å². The van der Waals surface area contributed by atoms with E-state index in [4.69, 9.17) is 4.74 Å². The molecule has 0 saturated carbocycles. The molecule has 0 unspecified atom stereocenters. The van der Waals surface area contributed by atoms with E-state index in [2.05, 4.69) is 15.8 Å². The number of carbonyl (C=O) groups is 2. The normalized spacial score (nSPS) is 10.3. The Kier molecular flexibility index (Phi) is 5.46. The van der Waals surface area contributed by atoms with Crippen molar-refractivity contribution in [2.24, 2.45) is 5.10 Å². The molecule has 2 N–H and O–H groups in total. The fourth-order valence-corrected chi connectivity index (χ4v) is 1.89. The SMILES string of the molecule is COc1ccccc1/C=N\NC(=O)C(=O)Nc1cccc(C)c1. The second kappa shape index (κ2) is 7.74. The first-order valence-corrected chi connectivity index (χ1v) is 6.94. The molecule has 0 bridgehead atoms. The summed E-state index contributed by atoms with van der Waals surface area (Å²) >= 11 is 0. The molecular weight excluding hydrogens is 294 g/mol. The van der Waals surface area contributed by atoms with Gasteiger partial charge in [-0.1, -0.05) is 24.3 Å². The number of para-hydroxylation sites is 1. The van der Waals surface area contributed by atoms with Gasteiger partial charge in [-0.3, -0.25) is 9.59 Å². The fraction of sp³-hybridized carbons (Fsp3) is 0.118. The number of ether oxygens (including phenoxy) is 1. The van der Waals surface area contributed by atoms with Crippen LogP contribution in [0.4, 0.5) is 5.69 Å². The molecule has 2 amide bonds. The van der Waals surface area contributed by atoms with Crippen molar-refractivity contribution in [3.05, 3.63) is 59.7 Å². The van der Waals surface area contributed by atoms with Crippen LogP contribution in [-0.2, 0) is 9.59 Å². The number of hydrogen-bond donors (Lipinski definition) is 2. The number of hydrogen-bond acceptors (Lipinski definition) is 4. The zero-order chi connectivity index (χ0) is 16.7. The molecule has 6 nitrogen and oxygen atoms in total. The summed E-state index contributed by atoms with van der Waals surface area (Å²) in [7, 11) is 1.54. The van der Waals surface area contributed by atoms with E-state index in [0.29, 0.717) is 17.0 Å². The molecule has 0 heterocycles. The highest BCUT2D eigenvalue weighted by molar-refractivity contribution is 6.39. The van der Waals surface area contributed by atoms with E-state index < -0.39 is 11.8 Å². The van der Waals surface area contributed by atoms with Gasteiger partial charge in [-0.2, -0.15) is 5.10 Å². The molecule has 0 aliphatic carbocycles. The second-order valence-corrected chi connectivity index (χ2v) is 4.76. The molecule has 0 saturated heterocycles. The lowest BCUT2D eigenvalue weighted by Gasteiger charge is -2.05. The molecule has 2 rings (SSSR count). The number of nitrogens with zero attached hydrogens (tertiary/aromatic N) is 1. The molecular formula is C17H17N3O3. The highest BCUT2D eigenvalue weighted by Gasteiger charge is 2.12. The second-order valence-electron chi connectivity index (χ2n) is 4.76. The molecule has 0 aliphatic heterocycles. The number of rotatable bonds is 4. The van der Waals surface area contributed by atoms with Crippen LogP contribution in [0.15, 0.2) is 53.6 Å². The Labute approximate surface area is 134 Å². The quantitative estimate of drug-likeness (QED) is 0.515. The molecule has 0 radical (unpaired) electrons. The van der Waals surface area contributed by atoms with Gasteiger partial charge in [0.1, 0.15) is 5.75 Å². The van der Waals surface area contributed by atoms with Crippen LogP contribution in [0, 0.1) is 6.92 Å². The molecule has 23 heavy (non-hydrogen) atoms. The summed E-state index contributed by atoms with van der Waals surface area (Å²) in [5, 5.41) is 6.27. The number of nitrogens with one attached hydrogen (secondary N) is 2. The smallest absolute Gasteiger partial charge is 0.329 e. The monoisotopic (exact) mass is 311 g/mol. The maximum Gasteiger partial charge on any atom is 0.329 e. The predicted octanol–water partition coefficient (Wildman–Crippen LogP) is 2.09. The molecule has 0 aromatic heterocycles. The van der Waals surface area contributed by atoms with Crippen LogP contribution in [0.25, 0.3) is 0 Å². The number of benzene rings is 2. The van der Waals surface area contributed by atoms with E-state index in [-0.39, 0.29) is 0 Å². The van der Waals surface area contributed by atoms with Crippen molar-refractivity contribution in [2.45, 2.75) is 6.92 Å². The Bertz CT molecular complexity index is 741.